The molecule has 0 N–H and O–H groups in total. The molecule has 1 aliphatic carbocycles. The number of benzene rings is 1. The molecule has 31 heavy (non-hydrogen) atoms. The second-order valence-corrected chi connectivity index (χ2v) is 11.4. The van der Waals surface area contributed by atoms with Crippen LogP contribution in [0.25, 0.3) is 0 Å². The Hall–Kier alpha value is -1.31. The molecule has 1 aliphatic rings. The molecule has 0 atom stereocenters. The maximum absolute atomic E-state index is 10.6. The van der Waals surface area contributed by atoms with Gasteiger partial charge in [-0.15, -0.1) is 0 Å². The molecule has 0 saturated heterocycles. The highest BCUT2D eigenvalue weighted by Crippen LogP contribution is 2.43. The van der Waals surface area contributed by atoms with Crippen molar-refractivity contribution in [3.05, 3.63) is 33.9 Å². The molecule has 0 aromatic heterocycles. The van der Waals surface area contributed by atoms with E-state index < -0.39 is 0 Å². The lowest BCUT2D eigenvalue weighted by Gasteiger charge is -2.18. The minimum absolute atomic E-state index is 0.0753. The van der Waals surface area contributed by atoms with Crippen LogP contribution in [0.4, 0.5) is 0 Å². The molecule has 0 heterocycles. The number of carbonyl (C=O) groups is 1. The number of hydrogen-bond acceptors (Lipinski definition) is 2. The van der Waals surface area contributed by atoms with Crippen LogP contribution in [0, 0.1) is 26.2 Å². The van der Waals surface area contributed by atoms with Crippen LogP contribution in [-0.2, 0) is 22.4 Å². The number of unbranched alkanes of at least 4 members (excludes halogenated alkanes) is 6. The van der Waals surface area contributed by atoms with Gasteiger partial charge in [0.25, 0.3) is 6.47 Å². The minimum Gasteiger partial charge on any atom is -0.461 e. The second kappa shape index (κ2) is 12.1. The number of ether oxygens (including phenoxy) is 1. The van der Waals surface area contributed by atoms with Crippen molar-refractivity contribution in [2.45, 2.75) is 137 Å². The molecule has 2 heteroatoms. The van der Waals surface area contributed by atoms with Gasteiger partial charge in [-0.25, -0.2) is 0 Å². The third kappa shape index (κ3) is 8.99. The molecule has 0 unspecified atom stereocenters. The van der Waals surface area contributed by atoms with E-state index in [2.05, 4.69) is 47.6 Å². The summed E-state index contributed by atoms with van der Waals surface area (Å²) in [7, 11) is 0. The lowest BCUT2D eigenvalue weighted by atomic mass is 9.88. The van der Waals surface area contributed by atoms with Crippen molar-refractivity contribution in [1.82, 2.24) is 0 Å². The van der Waals surface area contributed by atoms with E-state index in [1.807, 2.05) is 0 Å². The zero-order valence-corrected chi connectivity index (χ0v) is 21.4. The zero-order valence-electron chi connectivity index (χ0n) is 21.4. The maximum Gasteiger partial charge on any atom is 0.293 e. The monoisotopic (exact) mass is 428 g/mol. The van der Waals surface area contributed by atoms with E-state index in [0.717, 1.165) is 19.3 Å². The molecule has 1 saturated carbocycles. The van der Waals surface area contributed by atoms with Crippen LogP contribution in [0.1, 0.15) is 126 Å². The van der Waals surface area contributed by atoms with Gasteiger partial charge in [0.15, 0.2) is 0 Å². The molecule has 0 aliphatic heterocycles. The first-order valence-electron chi connectivity index (χ1n) is 12.9. The second-order valence-electron chi connectivity index (χ2n) is 11.4. The van der Waals surface area contributed by atoms with Crippen LogP contribution in [-0.4, -0.2) is 12.1 Å². The average molecular weight is 429 g/mol. The van der Waals surface area contributed by atoms with Crippen LogP contribution < -0.4 is 0 Å². The Morgan fingerprint density at radius 2 is 1.32 bits per heavy atom. The van der Waals surface area contributed by atoms with E-state index in [-0.39, 0.29) is 5.60 Å². The molecule has 1 aromatic carbocycles. The zero-order chi connectivity index (χ0) is 22.9. The molecular formula is C29H48O2. The highest BCUT2D eigenvalue weighted by molar-refractivity contribution is 5.44. The van der Waals surface area contributed by atoms with E-state index >= 15 is 0 Å². The Balaban J connectivity index is 1.73. The predicted octanol–water partition coefficient (Wildman–Crippen LogP) is 8.35. The van der Waals surface area contributed by atoms with Crippen LogP contribution >= 0.6 is 0 Å². The number of rotatable bonds is 15. The van der Waals surface area contributed by atoms with Gasteiger partial charge >= 0.3 is 0 Å². The molecule has 1 fully saturated rings. The van der Waals surface area contributed by atoms with Crippen molar-refractivity contribution in [3.63, 3.8) is 0 Å². The SMILES string of the molecule is Cc1c(CCCCCCC(C)(C)C)cc(CCCCCCC2(OC=O)CC2)c(C)c1C. The van der Waals surface area contributed by atoms with Crippen LogP contribution in [0.15, 0.2) is 6.07 Å². The number of hydrogen-bond donors (Lipinski definition) is 0. The van der Waals surface area contributed by atoms with Gasteiger partial charge in [0.05, 0.1) is 0 Å². The van der Waals surface area contributed by atoms with E-state index in [1.165, 1.54) is 87.3 Å². The molecule has 2 nitrogen and oxygen atoms in total. The summed E-state index contributed by atoms with van der Waals surface area (Å²) in [4.78, 5) is 10.6. The molecule has 2 rings (SSSR count). The van der Waals surface area contributed by atoms with Gasteiger partial charge < -0.3 is 4.74 Å². The third-order valence-corrected chi connectivity index (χ3v) is 7.49. The fourth-order valence-corrected chi connectivity index (χ4v) is 4.82. The smallest absolute Gasteiger partial charge is 0.293 e. The molecule has 1 aromatic rings. The summed E-state index contributed by atoms with van der Waals surface area (Å²) < 4.78 is 5.26. The molecule has 0 spiro atoms. The fourth-order valence-electron chi connectivity index (χ4n) is 4.82. The van der Waals surface area contributed by atoms with Gasteiger partial charge in [0, 0.05) is 0 Å². The summed E-state index contributed by atoms with van der Waals surface area (Å²) in [6.07, 6.45) is 17.3. The van der Waals surface area contributed by atoms with E-state index in [1.54, 1.807) is 11.1 Å². The first kappa shape index (κ1) is 25.9. The molecule has 0 amide bonds. The Labute approximate surface area is 192 Å². The van der Waals surface area contributed by atoms with Crippen molar-refractivity contribution in [1.29, 1.82) is 0 Å². The van der Waals surface area contributed by atoms with Crippen LogP contribution in [0.2, 0.25) is 0 Å². The summed E-state index contributed by atoms with van der Waals surface area (Å²) >= 11 is 0. The van der Waals surface area contributed by atoms with Gasteiger partial charge in [0.1, 0.15) is 5.60 Å². The predicted molar refractivity (Wildman–Crippen MR) is 133 cm³/mol. The Morgan fingerprint density at radius 3 is 1.81 bits per heavy atom. The number of aryl methyl sites for hydroxylation is 2. The molecule has 0 bridgehead atoms. The minimum atomic E-state index is -0.0753. The Bertz CT molecular complexity index is 692. The molecule has 0 radical (unpaired) electrons. The van der Waals surface area contributed by atoms with E-state index in [4.69, 9.17) is 4.74 Å². The highest BCUT2D eigenvalue weighted by Gasteiger charge is 2.44. The quantitative estimate of drug-likeness (QED) is 0.207. The van der Waals surface area contributed by atoms with Crippen LogP contribution in [0.5, 0.6) is 0 Å². The van der Waals surface area contributed by atoms with E-state index in [9.17, 15) is 4.79 Å². The summed E-state index contributed by atoms with van der Waals surface area (Å²) in [5, 5.41) is 0. The average Bonchev–Trinajstić information content (AvgIpc) is 3.47. The van der Waals surface area contributed by atoms with Crippen molar-refractivity contribution < 1.29 is 9.53 Å². The largest absolute Gasteiger partial charge is 0.461 e. The first-order valence-corrected chi connectivity index (χ1v) is 12.9. The lowest BCUT2D eigenvalue weighted by Crippen LogP contribution is -2.12. The van der Waals surface area contributed by atoms with Gasteiger partial charge in [0.2, 0.25) is 0 Å². The van der Waals surface area contributed by atoms with Gasteiger partial charge in [-0.3, -0.25) is 4.79 Å². The Morgan fingerprint density at radius 1 is 0.806 bits per heavy atom. The normalized spacial score (nSPS) is 15.2. The van der Waals surface area contributed by atoms with Crippen molar-refractivity contribution in [3.8, 4) is 0 Å². The summed E-state index contributed by atoms with van der Waals surface area (Å²) in [6, 6.07) is 2.52. The van der Waals surface area contributed by atoms with E-state index in [0.29, 0.717) is 11.9 Å². The summed E-state index contributed by atoms with van der Waals surface area (Å²) in [5.41, 5.74) is 8.06. The summed E-state index contributed by atoms with van der Waals surface area (Å²) in [5.74, 6) is 0. The Kier molecular flexibility index (Phi) is 10.1. The van der Waals surface area contributed by atoms with Crippen molar-refractivity contribution >= 4 is 6.47 Å². The van der Waals surface area contributed by atoms with Crippen molar-refractivity contribution in [2.24, 2.45) is 5.41 Å². The maximum atomic E-state index is 10.6. The standard InChI is InChI=1S/C29H48O2/c1-23-24(2)26(15-11-7-9-13-17-28(4,5)6)21-27(25(23)3)16-12-8-10-14-18-29(19-20-29)31-22-30/h21-22H,7-20H2,1-6H3. The van der Waals surface area contributed by atoms with Gasteiger partial charge in [-0.05, 0) is 112 Å². The van der Waals surface area contributed by atoms with Crippen LogP contribution in [0.3, 0.4) is 0 Å². The summed E-state index contributed by atoms with van der Waals surface area (Å²) in [6.45, 7) is 14.6. The topological polar surface area (TPSA) is 26.3 Å². The molecule has 176 valence electrons. The van der Waals surface area contributed by atoms with Crippen molar-refractivity contribution in [2.75, 3.05) is 0 Å². The fraction of sp³-hybridized carbons (Fsp3) is 0.759. The van der Waals surface area contributed by atoms with Gasteiger partial charge in [-0.1, -0.05) is 58.9 Å². The first-order chi connectivity index (χ1) is 14.7. The lowest BCUT2D eigenvalue weighted by molar-refractivity contribution is -0.135. The van der Waals surface area contributed by atoms with Gasteiger partial charge in [-0.2, -0.15) is 0 Å². The molecular weight excluding hydrogens is 380 g/mol. The highest BCUT2D eigenvalue weighted by atomic mass is 16.5. The number of carbonyl (C=O) groups excluding carboxylic acids is 1. The third-order valence-electron chi connectivity index (χ3n) is 7.49.